The second kappa shape index (κ2) is 4.62. The maximum atomic E-state index is 6.16. The highest BCUT2D eigenvalue weighted by atomic mass is 79.9. The molecule has 1 aromatic rings. The van der Waals surface area contributed by atoms with E-state index in [-0.39, 0.29) is 0 Å². The maximum absolute atomic E-state index is 6.16. The van der Waals surface area contributed by atoms with Crippen LogP contribution in [0.15, 0.2) is 22.7 Å². The minimum absolute atomic E-state index is 0.412. The van der Waals surface area contributed by atoms with E-state index in [1.807, 2.05) is 7.05 Å². The summed E-state index contributed by atoms with van der Waals surface area (Å²) in [6.45, 7) is 0. The number of halogens is 1. The van der Waals surface area contributed by atoms with Gasteiger partial charge < -0.3 is 10.1 Å². The van der Waals surface area contributed by atoms with Crippen molar-refractivity contribution in [3.05, 3.63) is 28.2 Å². The SMILES string of the molecule is CNC1CC(C2CCC2)Oc2ccc(Br)cc21. The number of hydrogen-bond donors (Lipinski definition) is 1. The van der Waals surface area contributed by atoms with Crippen molar-refractivity contribution in [1.29, 1.82) is 0 Å². The third-order valence-corrected chi connectivity index (χ3v) is 4.61. The molecule has 3 rings (SSSR count). The molecule has 0 spiro atoms. The van der Waals surface area contributed by atoms with Crippen molar-refractivity contribution in [1.82, 2.24) is 5.32 Å². The van der Waals surface area contributed by atoms with Gasteiger partial charge >= 0.3 is 0 Å². The van der Waals surface area contributed by atoms with E-state index >= 15 is 0 Å². The lowest BCUT2D eigenvalue weighted by Gasteiger charge is -2.40. The summed E-state index contributed by atoms with van der Waals surface area (Å²) in [5.41, 5.74) is 1.29. The first kappa shape index (κ1) is 11.5. The second-order valence-corrected chi connectivity index (χ2v) is 6.02. The topological polar surface area (TPSA) is 21.3 Å². The Labute approximate surface area is 111 Å². The van der Waals surface area contributed by atoms with Gasteiger partial charge in [-0.15, -0.1) is 0 Å². The number of nitrogens with one attached hydrogen (secondary N) is 1. The fraction of sp³-hybridized carbons (Fsp3) is 0.571. The number of rotatable bonds is 2. The predicted molar refractivity (Wildman–Crippen MR) is 72.3 cm³/mol. The van der Waals surface area contributed by atoms with Crippen LogP contribution in [0.5, 0.6) is 5.75 Å². The molecule has 3 heteroatoms. The number of fused-ring (bicyclic) bond motifs is 1. The van der Waals surface area contributed by atoms with E-state index in [0.29, 0.717) is 12.1 Å². The van der Waals surface area contributed by atoms with Crippen LogP contribution in [0.3, 0.4) is 0 Å². The molecule has 1 N–H and O–H groups in total. The molecule has 1 heterocycles. The zero-order valence-electron chi connectivity index (χ0n) is 10.1. The van der Waals surface area contributed by atoms with Crippen LogP contribution in [0, 0.1) is 5.92 Å². The molecule has 1 saturated carbocycles. The Morgan fingerprint density at radius 3 is 2.82 bits per heavy atom. The third kappa shape index (κ3) is 2.11. The van der Waals surface area contributed by atoms with E-state index in [0.717, 1.165) is 22.6 Å². The largest absolute Gasteiger partial charge is 0.490 e. The maximum Gasteiger partial charge on any atom is 0.124 e. The van der Waals surface area contributed by atoms with E-state index in [1.54, 1.807) is 0 Å². The summed E-state index contributed by atoms with van der Waals surface area (Å²) in [4.78, 5) is 0. The molecule has 0 radical (unpaired) electrons. The molecule has 2 unspecified atom stereocenters. The number of benzene rings is 1. The second-order valence-electron chi connectivity index (χ2n) is 5.11. The van der Waals surface area contributed by atoms with E-state index in [2.05, 4.69) is 39.4 Å². The van der Waals surface area contributed by atoms with Gasteiger partial charge in [-0.3, -0.25) is 0 Å². The minimum atomic E-state index is 0.412. The number of hydrogen-bond acceptors (Lipinski definition) is 2. The summed E-state index contributed by atoms with van der Waals surface area (Å²) in [6.07, 6.45) is 5.57. The normalized spacial score (nSPS) is 28.1. The number of ether oxygens (including phenoxy) is 1. The first-order valence-electron chi connectivity index (χ1n) is 6.41. The summed E-state index contributed by atoms with van der Waals surface area (Å²) in [7, 11) is 2.04. The zero-order valence-corrected chi connectivity index (χ0v) is 11.7. The Bertz CT molecular complexity index is 417. The molecule has 92 valence electrons. The molecule has 0 saturated heterocycles. The van der Waals surface area contributed by atoms with Gasteiger partial charge in [-0.05, 0) is 44.0 Å². The van der Waals surface area contributed by atoms with Gasteiger partial charge in [0.15, 0.2) is 0 Å². The van der Waals surface area contributed by atoms with E-state index < -0.39 is 0 Å². The van der Waals surface area contributed by atoms with Crippen molar-refractivity contribution >= 4 is 15.9 Å². The molecular weight excluding hydrogens is 278 g/mol. The molecule has 17 heavy (non-hydrogen) atoms. The lowest BCUT2D eigenvalue weighted by atomic mass is 9.77. The fourth-order valence-electron chi connectivity index (χ4n) is 2.84. The van der Waals surface area contributed by atoms with Crippen molar-refractivity contribution in [2.75, 3.05) is 7.05 Å². The first-order chi connectivity index (χ1) is 8.28. The van der Waals surface area contributed by atoms with E-state index in [4.69, 9.17) is 4.74 Å². The lowest BCUT2D eigenvalue weighted by Crippen LogP contribution is -2.39. The zero-order chi connectivity index (χ0) is 11.8. The van der Waals surface area contributed by atoms with Crippen molar-refractivity contribution < 1.29 is 4.74 Å². The van der Waals surface area contributed by atoms with E-state index in [9.17, 15) is 0 Å². The van der Waals surface area contributed by atoms with Crippen LogP contribution < -0.4 is 10.1 Å². The molecule has 1 aliphatic carbocycles. The van der Waals surface area contributed by atoms with Crippen LogP contribution >= 0.6 is 15.9 Å². The Kier molecular flexibility index (Phi) is 3.14. The highest BCUT2D eigenvalue weighted by Crippen LogP contribution is 2.42. The standard InChI is InChI=1S/C14H18BrNO/c1-16-12-8-14(9-3-2-4-9)17-13-6-5-10(15)7-11(12)13/h5-7,9,12,14,16H,2-4,8H2,1H3. The Morgan fingerprint density at radius 2 is 2.18 bits per heavy atom. The minimum Gasteiger partial charge on any atom is -0.490 e. The monoisotopic (exact) mass is 295 g/mol. The van der Waals surface area contributed by atoms with Gasteiger partial charge in [-0.25, -0.2) is 0 Å². The summed E-state index contributed by atoms with van der Waals surface area (Å²) in [6, 6.07) is 6.76. The molecule has 1 aliphatic heterocycles. The fourth-order valence-corrected chi connectivity index (χ4v) is 3.22. The quantitative estimate of drug-likeness (QED) is 0.899. The van der Waals surface area contributed by atoms with Crippen LogP contribution in [-0.2, 0) is 0 Å². The van der Waals surface area contributed by atoms with Gasteiger partial charge in [0.25, 0.3) is 0 Å². The average molecular weight is 296 g/mol. The molecule has 1 fully saturated rings. The molecule has 2 nitrogen and oxygen atoms in total. The van der Waals surface area contributed by atoms with Crippen LogP contribution in [0.2, 0.25) is 0 Å². The lowest BCUT2D eigenvalue weighted by molar-refractivity contribution is 0.0541. The Morgan fingerprint density at radius 1 is 1.35 bits per heavy atom. The predicted octanol–water partition coefficient (Wildman–Crippen LogP) is 3.66. The molecule has 0 aromatic heterocycles. The van der Waals surface area contributed by atoms with Crippen LogP contribution in [0.4, 0.5) is 0 Å². The molecule has 0 amide bonds. The molecule has 2 aliphatic rings. The highest BCUT2D eigenvalue weighted by Gasteiger charge is 2.35. The van der Waals surface area contributed by atoms with Crippen molar-refractivity contribution in [3.63, 3.8) is 0 Å². The Balaban J connectivity index is 1.88. The van der Waals surface area contributed by atoms with Gasteiger partial charge in [0.2, 0.25) is 0 Å². The average Bonchev–Trinajstić information content (AvgIpc) is 2.26. The summed E-state index contributed by atoms with van der Waals surface area (Å²) in [5, 5.41) is 3.42. The van der Waals surface area contributed by atoms with Gasteiger partial charge in [0.1, 0.15) is 11.9 Å². The molecule has 0 bridgehead atoms. The molecule has 1 aromatic carbocycles. The molecular formula is C14H18BrNO. The molecule has 2 atom stereocenters. The summed E-state index contributed by atoms with van der Waals surface area (Å²) in [5.74, 6) is 1.85. The van der Waals surface area contributed by atoms with Crippen LogP contribution in [0.1, 0.15) is 37.3 Å². The summed E-state index contributed by atoms with van der Waals surface area (Å²) >= 11 is 3.53. The van der Waals surface area contributed by atoms with Gasteiger partial charge in [0, 0.05) is 22.5 Å². The smallest absolute Gasteiger partial charge is 0.124 e. The van der Waals surface area contributed by atoms with Gasteiger partial charge in [-0.1, -0.05) is 22.4 Å². The van der Waals surface area contributed by atoms with Gasteiger partial charge in [0.05, 0.1) is 0 Å². The van der Waals surface area contributed by atoms with E-state index in [1.165, 1.54) is 24.8 Å². The van der Waals surface area contributed by atoms with Crippen molar-refractivity contribution in [2.45, 2.75) is 37.8 Å². The Hall–Kier alpha value is -0.540. The van der Waals surface area contributed by atoms with Crippen molar-refractivity contribution in [2.24, 2.45) is 5.92 Å². The third-order valence-electron chi connectivity index (χ3n) is 4.12. The van der Waals surface area contributed by atoms with Crippen LogP contribution in [0.25, 0.3) is 0 Å². The van der Waals surface area contributed by atoms with Gasteiger partial charge in [-0.2, -0.15) is 0 Å². The first-order valence-corrected chi connectivity index (χ1v) is 7.20. The highest BCUT2D eigenvalue weighted by molar-refractivity contribution is 9.10. The van der Waals surface area contributed by atoms with Crippen molar-refractivity contribution in [3.8, 4) is 5.75 Å². The van der Waals surface area contributed by atoms with Crippen LogP contribution in [-0.4, -0.2) is 13.2 Å². The summed E-state index contributed by atoms with van der Waals surface area (Å²) < 4.78 is 7.29.